The number of alkyl halides is 12. The second-order valence-electron chi connectivity index (χ2n) is 28.7. The number of nitrogens with zero attached hydrogens (tertiary/aromatic N) is 8. The number of hydrogen-bond donors (Lipinski definition) is 0. The highest BCUT2D eigenvalue weighted by atomic mass is 19.4. The molecule has 18 rings (SSSR count). The number of nitriles is 4. The first-order valence-electron chi connectivity index (χ1n) is 37.0. The normalized spacial score (nSPS) is 12.1. The van der Waals surface area contributed by atoms with E-state index in [1.165, 1.54) is 33.4 Å². The Labute approximate surface area is 672 Å². The van der Waals surface area contributed by atoms with E-state index in [4.69, 9.17) is 18.9 Å². The van der Waals surface area contributed by atoms with Gasteiger partial charge in [-0.1, -0.05) is 48.5 Å². The summed E-state index contributed by atoms with van der Waals surface area (Å²) in [6.45, 7) is -0.253. The van der Waals surface area contributed by atoms with Crippen LogP contribution < -0.4 is 18.9 Å². The maximum Gasteiger partial charge on any atom is 0.416 e. The van der Waals surface area contributed by atoms with E-state index in [1.807, 2.05) is 84.9 Å². The molecule has 14 aromatic carbocycles. The molecule has 0 fully saturated rings. The summed E-state index contributed by atoms with van der Waals surface area (Å²) in [6.07, 6.45) is -20.1. The predicted molar refractivity (Wildman–Crippen MR) is 435 cm³/mol. The molecule has 0 saturated carbocycles. The summed E-state index contributed by atoms with van der Waals surface area (Å²) < 4.78 is 211. The molecule has 18 aromatic rings. The Hall–Kier alpha value is -15.4. The van der Waals surface area contributed by atoms with Crippen molar-refractivity contribution in [2.75, 3.05) is 21.3 Å². The average molecular weight is 1610 g/mol. The van der Waals surface area contributed by atoms with Gasteiger partial charge in [-0.05, 0) is 227 Å². The number of methoxy groups -OCH3 is 3. The Balaban J connectivity index is 0.879. The number of fused-ring (bicyclic) bond motifs is 12. The first-order valence-corrected chi connectivity index (χ1v) is 37.0. The highest BCUT2D eigenvalue weighted by Gasteiger charge is 2.38. The Bertz CT molecular complexity index is 7380. The zero-order valence-corrected chi connectivity index (χ0v) is 62.8. The van der Waals surface area contributed by atoms with Crippen LogP contribution in [0.3, 0.4) is 0 Å². The number of aromatic nitrogens is 4. The van der Waals surface area contributed by atoms with Gasteiger partial charge in [0.05, 0.1) is 157 Å². The van der Waals surface area contributed by atoms with Gasteiger partial charge in [-0.25, -0.2) is 0 Å². The Kier molecular flexibility index (Phi) is 18.0. The summed E-state index contributed by atoms with van der Waals surface area (Å²) in [5.41, 5.74) is 2.66. The number of hydrogen-bond acceptors (Lipinski definition) is 8. The van der Waals surface area contributed by atoms with Crippen LogP contribution in [-0.4, -0.2) is 39.6 Å². The third-order valence-corrected chi connectivity index (χ3v) is 22.0. The maximum atomic E-state index is 14.9. The first-order chi connectivity index (χ1) is 57.7. The number of rotatable bonds is 14. The molecule has 0 spiro atoms. The third-order valence-electron chi connectivity index (χ3n) is 22.0. The van der Waals surface area contributed by atoms with Crippen LogP contribution in [0, 0.1) is 45.3 Å². The van der Waals surface area contributed by atoms with Gasteiger partial charge in [-0.2, -0.15) is 73.7 Å². The van der Waals surface area contributed by atoms with Gasteiger partial charge in [0, 0.05) is 78.5 Å². The molecule has 0 saturated heterocycles. The second-order valence-corrected chi connectivity index (χ2v) is 28.7. The summed E-state index contributed by atoms with van der Waals surface area (Å²) in [7, 11) is 4.72. The van der Waals surface area contributed by atoms with E-state index < -0.39 is 47.0 Å². The molecular formula is C96H54F12N8O4. The molecular weight excluding hydrogens is 1560 g/mol. The highest BCUT2D eigenvalue weighted by Crippen LogP contribution is 2.51. The molecule has 4 heterocycles. The second kappa shape index (κ2) is 28.5. The fourth-order valence-corrected chi connectivity index (χ4v) is 16.5. The van der Waals surface area contributed by atoms with Crippen molar-refractivity contribution in [3.63, 3.8) is 0 Å². The maximum absolute atomic E-state index is 14.9. The zero-order valence-electron chi connectivity index (χ0n) is 62.8. The van der Waals surface area contributed by atoms with Gasteiger partial charge < -0.3 is 37.2 Å². The van der Waals surface area contributed by atoms with Crippen molar-refractivity contribution in [1.29, 1.82) is 21.0 Å². The lowest BCUT2D eigenvalue weighted by molar-refractivity contribution is -0.138. The summed E-state index contributed by atoms with van der Waals surface area (Å²) in [5, 5.41) is 45.2. The van der Waals surface area contributed by atoms with Crippen molar-refractivity contribution in [3.05, 3.63) is 311 Å². The first kappa shape index (κ1) is 75.9. The minimum Gasteiger partial charge on any atom is -0.497 e. The van der Waals surface area contributed by atoms with E-state index in [2.05, 4.69) is 39.5 Å². The fraction of sp³-hybridized carbons (Fsp3) is 0.0833. The van der Waals surface area contributed by atoms with Crippen LogP contribution in [0.25, 0.3) is 154 Å². The summed E-state index contributed by atoms with van der Waals surface area (Å²) in [4.78, 5) is 0. The molecule has 0 bridgehead atoms. The number of benzene rings is 14. The van der Waals surface area contributed by atoms with E-state index in [9.17, 15) is 73.7 Å². The lowest BCUT2D eigenvalue weighted by Crippen LogP contribution is -2.08. The number of ether oxygens (including phenoxy) is 4. The molecule has 12 nitrogen and oxygen atoms in total. The quantitative estimate of drug-likeness (QED) is 0.0976. The van der Waals surface area contributed by atoms with Crippen molar-refractivity contribution in [2.45, 2.75) is 31.3 Å². The summed E-state index contributed by atoms with van der Waals surface area (Å²) >= 11 is 0. The fourth-order valence-electron chi connectivity index (χ4n) is 16.5. The topological polar surface area (TPSA) is 152 Å². The lowest BCUT2D eigenvalue weighted by Gasteiger charge is -2.23. The van der Waals surface area contributed by atoms with Crippen LogP contribution in [-0.2, 0) is 31.3 Å². The van der Waals surface area contributed by atoms with Crippen LogP contribution in [0.4, 0.5) is 52.7 Å². The van der Waals surface area contributed by atoms with Gasteiger partial charge in [0.1, 0.15) is 29.6 Å². The molecule has 0 atom stereocenters. The smallest absolute Gasteiger partial charge is 0.416 e. The van der Waals surface area contributed by atoms with Crippen LogP contribution in [0.5, 0.6) is 23.0 Å². The minimum absolute atomic E-state index is 0.0176. The molecule has 0 N–H and O–H groups in total. The Morgan fingerprint density at radius 2 is 0.600 bits per heavy atom. The predicted octanol–water partition coefficient (Wildman–Crippen LogP) is 25.9. The van der Waals surface area contributed by atoms with E-state index in [1.54, 1.807) is 94.1 Å². The van der Waals surface area contributed by atoms with Crippen LogP contribution in [0.1, 0.15) is 50.1 Å². The largest absolute Gasteiger partial charge is 0.497 e. The third kappa shape index (κ3) is 12.8. The van der Waals surface area contributed by atoms with Crippen LogP contribution >= 0.6 is 0 Å². The van der Waals surface area contributed by atoms with Crippen molar-refractivity contribution < 1.29 is 71.6 Å². The SMILES string of the molecule is COc1ccc2c3ccc(OC)cc3n(-c3cc(-c4cccc(C#N)c4)c(-c4cccc(C#N)c4)cc3-n3c4cc(OC)ccc4c4ccc(OCc5ccc(C#N)c(-c6cc(-n7c8ccc(C(F)(F)F)cc8c8cc(C(F)(F)F)ccc87)c(-n7c8ccc(C(F)(F)F)cc8c8cc(C(F)(F)F)ccc87)cc6-c6ccccc6C#N)c5)cc43)c2c1. The summed E-state index contributed by atoms with van der Waals surface area (Å²) in [6, 6.07) is 74.1. The Morgan fingerprint density at radius 1 is 0.267 bits per heavy atom. The van der Waals surface area contributed by atoms with Gasteiger partial charge in [-0.15, -0.1) is 0 Å². The molecule has 0 aliphatic carbocycles. The molecule has 0 aliphatic heterocycles. The van der Waals surface area contributed by atoms with Gasteiger partial charge >= 0.3 is 24.7 Å². The molecule has 0 aliphatic rings. The van der Waals surface area contributed by atoms with E-state index in [0.717, 1.165) is 81.1 Å². The molecule has 0 unspecified atom stereocenters. The Morgan fingerprint density at radius 3 is 0.958 bits per heavy atom. The standard InChI is InChI=1S/C96H54F12N8O4/c1-117-63-20-24-68-69-25-21-64(118-2)40-86(69)115(85(68)39-63)89-43-73(55-11-6-8-52(32-55)47-109)74(56-12-7-9-53(33-56)48-110)44-90(89)116-87-41-65(119-3)22-26-70(87)71-27-23-66(42-88(71)116)120-51-54-14-15-58(50-112)72(34-54)76-46-92(114-83-30-18-61(95(103,104)105)37-79(83)80-38-62(96(106,107)108)19-31-84(80)114)91(45-75(76)67-13-5-4-10-57(67)49-111)113-81-28-16-59(93(97,98)99)35-77(81)78-36-60(94(100,101)102)17-29-82(78)113/h4-46H,51H2,1-3H3. The average Bonchev–Trinajstić information content (AvgIpc) is 1.54. The molecule has 24 heteroatoms. The van der Waals surface area contributed by atoms with E-state index in [-0.39, 0.29) is 95.0 Å². The molecule has 0 radical (unpaired) electrons. The monoisotopic (exact) mass is 1610 g/mol. The van der Waals surface area contributed by atoms with Gasteiger partial charge in [0.2, 0.25) is 0 Å². The molecule has 0 amide bonds. The van der Waals surface area contributed by atoms with Crippen LogP contribution in [0.2, 0.25) is 0 Å². The van der Waals surface area contributed by atoms with E-state index in [0.29, 0.717) is 109 Å². The highest BCUT2D eigenvalue weighted by molar-refractivity contribution is 6.15. The van der Waals surface area contributed by atoms with Crippen molar-refractivity contribution in [2.24, 2.45) is 0 Å². The molecule has 120 heavy (non-hydrogen) atoms. The minimum atomic E-state index is -5.04. The number of halogens is 12. The van der Waals surface area contributed by atoms with Crippen molar-refractivity contribution >= 4 is 87.2 Å². The molecule has 4 aromatic heterocycles. The zero-order chi connectivity index (χ0) is 83.8. The van der Waals surface area contributed by atoms with Gasteiger partial charge in [-0.3, -0.25) is 0 Å². The molecule has 586 valence electrons. The van der Waals surface area contributed by atoms with Crippen molar-refractivity contribution in [1.82, 2.24) is 18.3 Å². The van der Waals surface area contributed by atoms with Crippen molar-refractivity contribution in [3.8, 4) is 115 Å². The van der Waals surface area contributed by atoms with Gasteiger partial charge in [0.25, 0.3) is 0 Å². The van der Waals surface area contributed by atoms with E-state index >= 15 is 0 Å². The van der Waals surface area contributed by atoms with Gasteiger partial charge in [0.15, 0.2) is 0 Å². The summed E-state index contributed by atoms with van der Waals surface area (Å²) in [5.74, 6) is 1.93. The lowest BCUT2D eigenvalue weighted by atomic mass is 9.88. The van der Waals surface area contributed by atoms with Crippen LogP contribution in [0.15, 0.2) is 261 Å².